The highest BCUT2D eigenvalue weighted by molar-refractivity contribution is 7.18. The highest BCUT2D eigenvalue weighted by atomic mass is 35.5. The molecule has 3 aromatic heterocycles. The van der Waals surface area contributed by atoms with Crippen LogP contribution in [-0.4, -0.2) is 19.3 Å². The first-order valence-corrected chi connectivity index (χ1v) is 10.7. The molecule has 0 atom stereocenters. The molecule has 4 heterocycles. The van der Waals surface area contributed by atoms with E-state index < -0.39 is 0 Å². The van der Waals surface area contributed by atoms with E-state index >= 15 is 0 Å². The van der Waals surface area contributed by atoms with Crippen LogP contribution < -0.4 is 5.56 Å². The van der Waals surface area contributed by atoms with Crippen LogP contribution in [0.3, 0.4) is 0 Å². The predicted molar refractivity (Wildman–Crippen MR) is 113 cm³/mol. The third-order valence-electron chi connectivity index (χ3n) is 5.09. The number of hydrogen-bond donors (Lipinski definition) is 0. The molecule has 142 valence electrons. The molecule has 0 saturated heterocycles. The summed E-state index contributed by atoms with van der Waals surface area (Å²) in [7, 11) is 0. The van der Waals surface area contributed by atoms with Crippen LogP contribution in [-0.2, 0) is 19.5 Å². The third kappa shape index (κ3) is 3.15. The lowest BCUT2D eigenvalue weighted by Gasteiger charge is -2.03. The summed E-state index contributed by atoms with van der Waals surface area (Å²) in [4.78, 5) is 19.7. The van der Waals surface area contributed by atoms with Gasteiger partial charge >= 0.3 is 0 Å². The molecule has 0 amide bonds. The van der Waals surface area contributed by atoms with Gasteiger partial charge in [0.25, 0.3) is 5.56 Å². The molecule has 0 fully saturated rings. The van der Waals surface area contributed by atoms with Crippen LogP contribution in [0.15, 0.2) is 10.9 Å². The molecule has 3 aromatic rings. The number of thiophene rings is 1. The largest absolute Gasteiger partial charge is 0.292 e. The van der Waals surface area contributed by atoms with Crippen LogP contribution in [0, 0.1) is 6.92 Å². The van der Waals surface area contributed by atoms with Crippen LogP contribution in [0.1, 0.15) is 55.1 Å². The highest BCUT2D eigenvalue weighted by Crippen LogP contribution is 2.32. The van der Waals surface area contributed by atoms with Crippen molar-refractivity contribution in [1.82, 2.24) is 19.3 Å². The lowest BCUT2D eigenvalue weighted by molar-refractivity contribution is 0.569. The van der Waals surface area contributed by atoms with Gasteiger partial charge in [-0.1, -0.05) is 31.9 Å². The molecule has 1 aliphatic heterocycles. The van der Waals surface area contributed by atoms with Gasteiger partial charge in [-0.3, -0.25) is 14.0 Å². The van der Waals surface area contributed by atoms with Gasteiger partial charge in [-0.25, -0.2) is 4.98 Å². The van der Waals surface area contributed by atoms with Crippen molar-refractivity contribution < 1.29 is 0 Å². The Bertz CT molecular complexity index is 1110. The van der Waals surface area contributed by atoms with Crippen molar-refractivity contribution in [2.24, 2.45) is 0 Å². The number of unbranched alkanes of at least 4 members (excludes halogenated alkanes) is 1. The van der Waals surface area contributed by atoms with E-state index in [2.05, 4.69) is 25.0 Å². The summed E-state index contributed by atoms with van der Waals surface area (Å²) in [6.07, 6.45) is 5.92. The van der Waals surface area contributed by atoms with Gasteiger partial charge < -0.3 is 0 Å². The van der Waals surface area contributed by atoms with Gasteiger partial charge in [0.1, 0.15) is 15.8 Å². The monoisotopic (exact) mass is 402 g/mol. The van der Waals surface area contributed by atoms with Crippen molar-refractivity contribution in [2.75, 3.05) is 0 Å². The summed E-state index contributed by atoms with van der Waals surface area (Å²) < 4.78 is 3.67. The van der Waals surface area contributed by atoms with Crippen LogP contribution in [0.5, 0.6) is 0 Å². The molecule has 0 aliphatic carbocycles. The van der Waals surface area contributed by atoms with E-state index in [0.29, 0.717) is 11.7 Å². The topological polar surface area (TPSA) is 52.7 Å². The fourth-order valence-electron chi connectivity index (χ4n) is 3.53. The number of rotatable bonds is 5. The Morgan fingerprint density at radius 3 is 2.93 bits per heavy atom. The average Bonchev–Trinajstić information content (AvgIpc) is 3.33. The predicted octanol–water partition coefficient (Wildman–Crippen LogP) is 4.92. The van der Waals surface area contributed by atoms with Gasteiger partial charge in [0.2, 0.25) is 0 Å². The standard InChI is InChI=1S/C20H23ClN4OS/c1-4-6-8-25-17(21)15(12(3)23-25)10-13-7-9-24-18(13)22-19-16(20(24)26)11-14(5-2)27-19/h10-11H,4-9H2,1-3H3/b13-10+. The van der Waals surface area contributed by atoms with Crippen molar-refractivity contribution >= 4 is 44.8 Å². The van der Waals surface area contributed by atoms with Crippen molar-refractivity contribution in [1.29, 1.82) is 0 Å². The SMILES string of the molecule is CCCCn1nc(C)c(/C=C2\CCn3c2nc2sc(CC)cc2c3=O)c1Cl. The number of aryl methyl sites for hydroxylation is 3. The lowest BCUT2D eigenvalue weighted by Crippen LogP contribution is -2.19. The molecule has 0 aromatic carbocycles. The van der Waals surface area contributed by atoms with Crippen molar-refractivity contribution in [2.45, 2.75) is 59.5 Å². The molecular formula is C20H23ClN4OS. The smallest absolute Gasteiger partial charge is 0.262 e. The number of hydrogen-bond acceptors (Lipinski definition) is 4. The van der Waals surface area contributed by atoms with E-state index in [1.165, 1.54) is 4.88 Å². The van der Waals surface area contributed by atoms with E-state index in [4.69, 9.17) is 16.6 Å². The Morgan fingerprint density at radius 1 is 1.37 bits per heavy atom. The molecule has 1 aliphatic rings. The quantitative estimate of drug-likeness (QED) is 0.608. The molecule has 0 radical (unpaired) electrons. The molecule has 0 spiro atoms. The van der Waals surface area contributed by atoms with Gasteiger partial charge in [0.15, 0.2) is 0 Å². The van der Waals surface area contributed by atoms with Gasteiger partial charge in [-0.2, -0.15) is 5.10 Å². The Morgan fingerprint density at radius 2 is 2.19 bits per heavy atom. The zero-order chi connectivity index (χ0) is 19.1. The maximum atomic E-state index is 12.9. The van der Waals surface area contributed by atoms with E-state index in [1.54, 1.807) is 15.9 Å². The Hall–Kier alpha value is -1.92. The van der Waals surface area contributed by atoms with Crippen molar-refractivity contribution in [3.05, 3.63) is 43.5 Å². The number of allylic oxidation sites excluding steroid dienone is 1. The molecule has 0 bridgehead atoms. The van der Waals surface area contributed by atoms with E-state index in [0.717, 1.165) is 65.1 Å². The number of halogens is 1. The van der Waals surface area contributed by atoms with Gasteiger partial charge in [-0.15, -0.1) is 11.3 Å². The molecule has 7 heteroatoms. The fraction of sp³-hybridized carbons (Fsp3) is 0.450. The fourth-order valence-corrected chi connectivity index (χ4v) is 4.81. The summed E-state index contributed by atoms with van der Waals surface area (Å²) in [5.41, 5.74) is 2.97. The van der Waals surface area contributed by atoms with Crippen LogP contribution in [0.25, 0.3) is 21.9 Å². The molecular weight excluding hydrogens is 380 g/mol. The molecule has 0 unspecified atom stereocenters. The number of nitrogens with zero attached hydrogens (tertiary/aromatic N) is 4. The maximum absolute atomic E-state index is 12.9. The first-order chi connectivity index (χ1) is 13.0. The molecule has 4 rings (SSSR count). The minimum Gasteiger partial charge on any atom is -0.292 e. The van der Waals surface area contributed by atoms with E-state index in [9.17, 15) is 4.79 Å². The minimum atomic E-state index is 0.0656. The second-order valence-electron chi connectivity index (χ2n) is 6.96. The zero-order valence-corrected chi connectivity index (χ0v) is 17.5. The van der Waals surface area contributed by atoms with E-state index in [-0.39, 0.29) is 5.56 Å². The lowest BCUT2D eigenvalue weighted by atomic mass is 10.1. The number of fused-ring (bicyclic) bond motifs is 2. The molecule has 27 heavy (non-hydrogen) atoms. The molecule has 0 saturated carbocycles. The van der Waals surface area contributed by atoms with Gasteiger partial charge in [-0.05, 0) is 43.9 Å². The van der Waals surface area contributed by atoms with Crippen LogP contribution >= 0.6 is 22.9 Å². The third-order valence-corrected chi connectivity index (χ3v) is 6.67. The highest BCUT2D eigenvalue weighted by Gasteiger charge is 2.23. The summed E-state index contributed by atoms with van der Waals surface area (Å²) >= 11 is 8.20. The molecule has 0 N–H and O–H groups in total. The summed E-state index contributed by atoms with van der Waals surface area (Å²) in [5, 5.41) is 5.99. The average molecular weight is 403 g/mol. The normalized spacial score (nSPS) is 15.2. The zero-order valence-electron chi connectivity index (χ0n) is 15.9. The van der Waals surface area contributed by atoms with Crippen LogP contribution in [0.4, 0.5) is 0 Å². The van der Waals surface area contributed by atoms with E-state index in [1.807, 2.05) is 17.7 Å². The second-order valence-corrected chi connectivity index (χ2v) is 8.44. The maximum Gasteiger partial charge on any atom is 0.262 e. The van der Waals surface area contributed by atoms with Crippen molar-refractivity contribution in [3.63, 3.8) is 0 Å². The minimum absolute atomic E-state index is 0.0656. The summed E-state index contributed by atoms with van der Waals surface area (Å²) in [6.45, 7) is 7.72. The van der Waals surface area contributed by atoms with Gasteiger partial charge in [0.05, 0.1) is 11.1 Å². The van der Waals surface area contributed by atoms with Crippen molar-refractivity contribution in [3.8, 4) is 0 Å². The summed E-state index contributed by atoms with van der Waals surface area (Å²) in [6, 6.07) is 1.99. The second kappa shape index (κ2) is 7.24. The van der Waals surface area contributed by atoms with Crippen LogP contribution in [0.2, 0.25) is 5.15 Å². The Kier molecular flexibility index (Phi) is 4.95. The first-order valence-electron chi connectivity index (χ1n) is 9.50. The number of aromatic nitrogens is 4. The Labute approximate surface area is 167 Å². The first kappa shape index (κ1) is 18.4. The molecule has 5 nitrogen and oxygen atoms in total. The summed E-state index contributed by atoms with van der Waals surface area (Å²) in [5.74, 6) is 0.772. The van der Waals surface area contributed by atoms with Gasteiger partial charge in [0, 0.05) is 23.5 Å². The Balaban J connectivity index is 1.79.